The lowest BCUT2D eigenvalue weighted by Gasteiger charge is -2.36. The average Bonchev–Trinajstić information content (AvgIpc) is 2.89. The average molecular weight is 490 g/mol. The Hall–Kier alpha value is -3.58. The molecule has 0 atom stereocenters. The Balaban J connectivity index is 1.30. The first-order chi connectivity index (χ1) is 17.5. The molecule has 1 fully saturated rings. The van der Waals surface area contributed by atoms with E-state index in [1.165, 1.54) is 5.56 Å². The minimum atomic E-state index is -0.322. The van der Waals surface area contributed by atoms with Crippen LogP contribution in [0.25, 0.3) is 0 Å². The van der Waals surface area contributed by atoms with Crippen molar-refractivity contribution in [2.24, 2.45) is 0 Å². The van der Waals surface area contributed by atoms with Crippen molar-refractivity contribution in [1.82, 2.24) is 9.88 Å². The molecule has 2 heterocycles. The van der Waals surface area contributed by atoms with Crippen LogP contribution in [0.5, 0.6) is 11.5 Å². The monoisotopic (exact) mass is 489 g/mol. The fourth-order valence-electron chi connectivity index (χ4n) is 4.21. The van der Waals surface area contributed by atoms with Crippen molar-refractivity contribution in [2.75, 3.05) is 37.7 Å². The molecule has 190 valence electrons. The van der Waals surface area contributed by atoms with Gasteiger partial charge in [0.1, 0.15) is 29.5 Å². The molecule has 7 nitrogen and oxygen atoms in total. The van der Waals surface area contributed by atoms with E-state index in [-0.39, 0.29) is 12.1 Å². The molecule has 36 heavy (non-hydrogen) atoms. The number of rotatable bonds is 10. The first-order valence-electron chi connectivity index (χ1n) is 12.6. The van der Waals surface area contributed by atoms with Crippen molar-refractivity contribution in [3.05, 3.63) is 83.6 Å². The largest absolute Gasteiger partial charge is 0.494 e. The Morgan fingerprint density at radius 1 is 0.917 bits per heavy atom. The number of carbonyl (C=O) groups is 1. The van der Waals surface area contributed by atoms with E-state index in [0.717, 1.165) is 49.8 Å². The molecule has 1 aliphatic rings. The molecule has 0 saturated carbocycles. The summed E-state index contributed by atoms with van der Waals surface area (Å²) < 4.78 is 16.9. The van der Waals surface area contributed by atoms with Crippen LogP contribution in [0.15, 0.2) is 66.9 Å². The van der Waals surface area contributed by atoms with E-state index >= 15 is 0 Å². The number of hydrogen-bond acceptors (Lipinski definition) is 7. The molecule has 3 aromatic rings. The van der Waals surface area contributed by atoms with E-state index in [0.29, 0.717) is 24.6 Å². The van der Waals surface area contributed by atoms with Crippen LogP contribution >= 0.6 is 0 Å². The molecule has 1 saturated heterocycles. The number of ether oxygens (including phenoxy) is 3. The van der Waals surface area contributed by atoms with Crippen LogP contribution in [0.4, 0.5) is 5.82 Å². The highest BCUT2D eigenvalue weighted by atomic mass is 16.5. The lowest BCUT2D eigenvalue weighted by Crippen LogP contribution is -2.46. The van der Waals surface area contributed by atoms with Crippen molar-refractivity contribution in [2.45, 2.75) is 40.0 Å². The molecule has 0 N–H and O–H groups in total. The van der Waals surface area contributed by atoms with Gasteiger partial charge in [0.25, 0.3) is 0 Å². The van der Waals surface area contributed by atoms with Crippen LogP contribution in [0.2, 0.25) is 0 Å². The van der Waals surface area contributed by atoms with Crippen molar-refractivity contribution >= 4 is 11.8 Å². The van der Waals surface area contributed by atoms with Gasteiger partial charge in [-0.3, -0.25) is 4.90 Å². The smallest absolute Gasteiger partial charge is 0.342 e. The summed E-state index contributed by atoms with van der Waals surface area (Å²) in [7, 11) is 0. The van der Waals surface area contributed by atoms with Gasteiger partial charge in [-0.25, -0.2) is 9.78 Å². The molecule has 4 rings (SSSR count). The van der Waals surface area contributed by atoms with E-state index in [1.807, 2.05) is 57.2 Å². The topological polar surface area (TPSA) is 64.1 Å². The van der Waals surface area contributed by atoms with Crippen molar-refractivity contribution in [1.29, 1.82) is 0 Å². The maximum Gasteiger partial charge on any atom is 0.342 e. The van der Waals surface area contributed by atoms with Gasteiger partial charge in [-0.05, 0) is 68.3 Å². The molecule has 0 aliphatic carbocycles. The lowest BCUT2D eigenvalue weighted by molar-refractivity contribution is 0.0378. The number of aromatic nitrogens is 1. The Kier molecular flexibility index (Phi) is 8.79. The Morgan fingerprint density at radius 2 is 1.69 bits per heavy atom. The van der Waals surface area contributed by atoms with Gasteiger partial charge in [-0.15, -0.1) is 0 Å². The lowest BCUT2D eigenvalue weighted by atomic mass is 10.1. The number of esters is 1. The van der Waals surface area contributed by atoms with Crippen LogP contribution in [0.3, 0.4) is 0 Å². The quantitative estimate of drug-likeness (QED) is 0.374. The maximum absolute atomic E-state index is 12.5. The van der Waals surface area contributed by atoms with Crippen molar-refractivity contribution < 1.29 is 19.0 Å². The molecule has 0 bridgehead atoms. The number of anilines is 1. The van der Waals surface area contributed by atoms with Crippen LogP contribution in [-0.2, 0) is 17.9 Å². The summed E-state index contributed by atoms with van der Waals surface area (Å²) in [5.41, 5.74) is 2.84. The van der Waals surface area contributed by atoms with E-state index in [9.17, 15) is 4.79 Å². The summed E-state index contributed by atoms with van der Waals surface area (Å²) in [5, 5.41) is 0. The van der Waals surface area contributed by atoms with Gasteiger partial charge in [0.2, 0.25) is 0 Å². The predicted molar refractivity (Wildman–Crippen MR) is 141 cm³/mol. The van der Waals surface area contributed by atoms with Crippen molar-refractivity contribution in [3.63, 3.8) is 0 Å². The number of pyridine rings is 1. The number of benzene rings is 2. The SMILES string of the molecule is CCOc1ccc(COc2cccc(CN3CCN(c4ncccc4C(=O)OC(C)C)CC3)c2)cc1. The molecule has 0 spiro atoms. The molecule has 1 aromatic heterocycles. The van der Waals surface area contributed by atoms with Crippen LogP contribution < -0.4 is 14.4 Å². The third kappa shape index (κ3) is 6.98. The standard InChI is InChI=1S/C29H35N3O4/c1-4-34-25-12-10-23(11-13-25)21-35-26-8-5-7-24(19-26)20-31-15-17-32(18-16-31)28-27(9-6-14-30-28)29(33)36-22(2)3/h5-14,19,22H,4,15-18,20-21H2,1-3H3. The fraction of sp³-hybridized carbons (Fsp3) is 0.379. The first-order valence-corrected chi connectivity index (χ1v) is 12.6. The number of piperazine rings is 1. The summed E-state index contributed by atoms with van der Waals surface area (Å²) in [6.07, 6.45) is 1.57. The summed E-state index contributed by atoms with van der Waals surface area (Å²) in [6.45, 7) is 11.1. The molecule has 0 radical (unpaired) electrons. The van der Waals surface area contributed by atoms with E-state index in [1.54, 1.807) is 18.3 Å². The second-order valence-electron chi connectivity index (χ2n) is 9.10. The maximum atomic E-state index is 12.5. The Labute approximate surface area is 213 Å². The number of hydrogen-bond donors (Lipinski definition) is 0. The zero-order valence-corrected chi connectivity index (χ0v) is 21.4. The summed E-state index contributed by atoms with van der Waals surface area (Å²) >= 11 is 0. The van der Waals surface area contributed by atoms with Crippen molar-refractivity contribution in [3.8, 4) is 11.5 Å². The van der Waals surface area contributed by atoms with Gasteiger partial charge in [-0.2, -0.15) is 0 Å². The van der Waals surface area contributed by atoms with Gasteiger partial charge in [-0.1, -0.05) is 24.3 Å². The van der Waals surface area contributed by atoms with E-state index < -0.39 is 0 Å². The highest BCUT2D eigenvalue weighted by Crippen LogP contribution is 2.22. The summed E-state index contributed by atoms with van der Waals surface area (Å²) in [5.74, 6) is 2.12. The Bertz CT molecular complexity index is 1130. The van der Waals surface area contributed by atoms with Gasteiger partial charge in [0.15, 0.2) is 0 Å². The summed E-state index contributed by atoms with van der Waals surface area (Å²) in [4.78, 5) is 21.6. The van der Waals surface area contributed by atoms with Crippen LogP contribution in [0, 0.1) is 0 Å². The van der Waals surface area contributed by atoms with Crippen LogP contribution in [0.1, 0.15) is 42.3 Å². The van der Waals surface area contributed by atoms with Gasteiger partial charge < -0.3 is 19.1 Å². The zero-order valence-electron chi connectivity index (χ0n) is 21.4. The third-order valence-electron chi connectivity index (χ3n) is 5.97. The third-order valence-corrected chi connectivity index (χ3v) is 5.97. The molecule has 1 aliphatic heterocycles. The van der Waals surface area contributed by atoms with Crippen LogP contribution in [-0.4, -0.2) is 54.7 Å². The highest BCUT2D eigenvalue weighted by molar-refractivity contribution is 5.94. The highest BCUT2D eigenvalue weighted by Gasteiger charge is 2.23. The molecule has 0 amide bonds. The molecular weight excluding hydrogens is 454 g/mol. The van der Waals surface area contributed by atoms with E-state index in [2.05, 4.69) is 26.9 Å². The van der Waals surface area contributed by atoms with E-state index in [4.69, 9.17) is 14.2 Å². The normalized spacial score (nSPS) is 14.1. The Morgan fingerprint density at radius 3 is 2.42 bits per heavy atom. The molecule has 2 aromatic carbocycles. The number of carbonyl (C=O) groups excluding carboxylic acids is 1. The summed E-state index contributed by atoms with van der Waals surface area (Å²) in [6, 6.07) is 19.9. The van der Waals surface area contributed by atoms with Gasteiger partial charge in [0.05, 0.1) is 12.7 Å². The zero-order chi connectivity index (χ0) is 25.3. The molecular formula is C29H35N3O4. The molecule has 0 unspecified atom stereocenters. The first kappa shape index (κ1) is 25.5. The fourth-order valence-corrected chi connectivity index (χ4v) is 4.21. The number of nitrogens with zero attached hydrogens (tertiary/aromatic N) is 3. The predicted octanol–water partition coefficient (Wildman–Crippen LogP) is 4.95. The minimum Gasteiger partial charge on any atom is -0.494 e. The second-order valence-corrected chi connectivity index (χ2v) is 9.10. The van der Waals surface area contributed by atoms with Gasteiger partial charge in [0, 0.05) is 38.9 Å². The minimum absolute atomic E-state index is 0.164. The van der Waals surface area contributed by atoms with Gasteiger partial charge >= 0.3 is 5.97 Å². The second kappa shape index (κ2) is 12.4. The molecule has 7 heteroatoms.